The van der Waals surface area contributed by atoms with Gasteiger partial charge in [0.05, 0.1) is 6.26 Å². The molecule has 158 valence electrons. The molecule has 0 unspecified atom stereocenters. The number of piperazine rings is 1. The van der Waals surface area contributed by atoms with Crippen molar-refractivity contribution in [2.45, 2.75) is 19.3 Å². The van der Waals surface area contributed by atoms with Gasteiger partial charge in [0.15, 0.2) is 11.7 Å². The standard InChI is InChI=1S/C21H27ClN4O2.HI/c1-21(2,16-7-4-5-8-17(16)22)15-24-20(23-3)26-12-10-25(11-13-26)19(27)18-9-6-14-28-18;/h4-9,14H,10-13,15H2,1-3H3,(H,23,24);1H. The molecule has 1 aromatic carbocycles. The van der Waals surface area contributed by atoms with Gasteiger partial charge >= 0.3 is 0 Å². The third-order valence-electron chi connectivity index (χ3n) is 5.10. The van der Waals surface area contributed by atoms with Crippen LogP contribution in [0, 0.1) is 0 Å². The summed E-state index contributed by atoms with van der Waals surface area (Å²) in [7, 11) is 1.78. The van der Waals surface area contributed by atoms with Crippen molar-refractivity contribution in [2.75, 3.05) is 39.8 Å². The quantitative estimate of drug-likeness (QED) is 0.371. The molecule has 2 aromatic rings. The fourth-order valence-corrected chi connectivity index (χ4v) is 3.81. The van der Waals surface area contributed by atoms with E-state index in [1.807, 2.05) is 23.1 Å². The Labute approximate surface area is 194 Å². The summed E-state index contributed by atoms with van der Waals surface area (Å²) in [5.41, 5.74) is 0.958. The maximum atomic E-state index is 12.4. The molecule has 0 bridgehead atoms. The smallest absolute Gasteiger partial charge is 0.289 e. The molecule has 0 atom stereocenters. The van der Waals surface area contributed by atoms with Crippen molar-refractivity contribution >= 4 is 47.4 Å². The minimum atomic E-state index is -0.147. The van der Waals surface area contributed by atoms with Crippen LogP contribution >= 0.6 is 35.6 Å². The van der Waals surface area contributed by atoms with E-state index in [0.29, 0.717) is 25.4 Å². The van der Waals surface area contributed by atoms with Crippen LogP contribution in [0.3, 0.4) is 0 Å². The van der Waals surface area contributed by atoms with Crippen LogP contribution in [-0.2, 0) is 5.41 Å². The van der Waals surface area contributed by atoms with Crippen molar-refractivity contribution in [1.29, 1.82) is 0 Å². The van der Waals surface area contributed by atoms with Crippen molar-refractivity contribution in [1.82, 2.24) is 15.1 Å². The number of halogens is 2. The SMILES string of the molecule is CN=C(NCC(C)(C)c1ccccc1Cl)N1CCN(C(=O)c2ccco2)CC1.I. The van der Waals surface area contributed by atoms with E-state index in [9.17, 15) is 4.79 Å². The van der Waals surface area contributed by atoms with E-state index in [1.165, 1.54) is 6.26 Å². The minimum Gasteiger partial charge on any atom is -0.459 e. The lowest BCUT2D eigenvalue weighted by atomic mass is 9.84. The zero-order valence-electron chi connectivity index (χ0n) is 17.0. The van der Waals surface area contributed by atoms with E-state index in [0.717, 1.165) is 29.6 Å². The number of amides is 1. The highest BCUT2D eigenvalue weighted by atomic mass is 127. The molecule has 1 N–H and O–H groups in total. The first kappa shape index (κ1) is 23.5. The molecule has 1 fully saturated rings. The van der Waals surface area contributed by atoms with Crippen molar-refractivity contribution in [3.8, 4) is 0 Å². The van der Waals surface area contributed by atoms with Crippen LogP contribution in [0.5, 0.6) is 0 Å². The van der Waals surface area contributed by atoms with Gasteiger partial charge in [-0.2, -0.15) is 0 Å². The van der Waals surface area contributed by atoms with Crippen molar-refractivity contribution in [3.63, 3.8) is 0 Å². The Morgan fingerprint density at radius 2 is 1.79 bits per heavy atom. The number of aliphatic imine (C=N–C) groups is 1. The maximum Gasteiger partial charge on any atom is 0.289 e. The molecule has 3 rings (SSSR count). The number of hydrogen-bond donors (Lipinski definition) is 1. The first-order valence-corrected chi connectivity index (χ1v) is 9.83. The molecule has 1 aliphatic heterocycles. The van der Waals surface area contributed by atoms with Gasteiger partial charge in [-0.15, -0.1) is 24.0 Å². The van der Waals surface area contributed by atoms with Gasteiger partial charge in [0, 0.05) is 50.2 Å². The second kappa shape index (κ2) is 10.3. The average molecular weight is 531 g/mol. The van der Waals surface area contributed by atoms with Crippen LogP contribution in [0.1, 0.15) is 30.0 Å². The number of guanidine groups is 1. The number of nitrogens with one attached hydrogen (secondary N) is 1. The Kier molecular flexibility index (Phi) is 8.39. The molecular formula is C21H28ClIN4O2. The summed E-state index contributed by atoms with van der Waals surface area (Å²) in [4.78, 5) is 20.8. The lowest BCUT2D eigenvalue weighted by Gasteiger charge is -2.37. The lowest BCUT2D eigenvalue weighted by Crippen LogP contribution is -2.54. The number of carbonyl (C=O) groups excluding carboxylic acids is 1. The van der Waals surface area contributed by atoms with Gasteiger partial charge in [-0.3, -0.25) is 9.79 Å². The predicted molar refractivity (Wildman–Crippen MR) is 127 cm³/mol. The number of furan rings is 1. The fourth-order valence-electron chi connectivity index (χ4n) is 3.42. The first-order valence-electron chi connectivity index (χ1n) is 9.46. The van der Waals surface area contributed by atoms with Gasteiger partial charge in [0.25, 0.3) is 5.91 Å². The second-order valence-electron chi connectivity index (χ2n) is 7.52. The van der Waals surface area contributed by atoms with Gasteiger partial charge in [-0.1, -0.05) is 43.6 Å². The van der Waals surface area contributed by atoms with Crippen molar-refractivity contribution in [3.05, 3.63) is 59.0 Å². The van der Waals surface area contributed by atoms with Gasteiger partial charge in [0.2, 0.25) is 0 Å². The maximum absolute atomic E-state index is 12.4. The number of nitrogens with zero attached hydrogens (tertiary/aromatic N) is 3. The summed E-state index contributed by atoms with van der Waals surface area (Å²) in [6.07, 6.45) is 1.52. The van der Waals surface area contributed by atoms with E-state index in [4.69, 9.17) is 16.0 Å². The molecule has 1 aliphatic rings. The van der Waals surface area contributed by atoms with Gasteiger partial charge in [-0.05, 0) is 23.8 Å². The van der Waals surface area contributed by atoms with Crippen LogP contribution in [0.15, 0.2) is 52.1 Å². The molecule has 1 aromatic heterocycles. The summed E-state index contributed by atoms with van der Waals surface area (Å²) in [5, 5.41) is 4.24. The molecule has 8 heteroatoms. The molecule has 29 heavy (non-hydrogen) atoms. The topological polar surface area (TPSA) is 61.1 Å². The Balaban J connectivity index is 0.00000300. The predicted octanol–water partition coefficient (Wildman–Crippen LogP) is 3.86. The van der Waals surface area contributed by atoms with Crippen LogP contribution in [0.2, 0.25) is 5.02 Å². The molecule has 0 aliphatic carbocycles. The Morgan fingerprint density at radius 3 is 2.38 bits per heavy atom. The third-order valence-corrected chi connectivity index (χ3v) is 5.43. The molecule has 0 radical (unpaired) electrons. The van der Waals surface area contributed by atoms with E-state index < -0.39 is 0 Å². The lowest BCUT2D eigenvalue weighted by molar-refractivity contribution is 0.0657. The normalized spacial score (nSPS) is 15.1. The van der Waals surface area contributed by atoms with Gasteiger partial charge in [0.1, 0.15) is 0 Å². The summed E-state index contributed by atoms with van der Waals surface area (Å²) < 4.78 is 5.22. The molecule has 2 heterocycles. The van der Waals surface area contributed by atoms with Crippen molar-refractivity contribution < 1.29 is 9.21 Å². The van der Waals surface area contributed by atoms with Crippen molar-refractivity contribution in [2.24, 2.45) is 4.99 Å². The minimum absolute atomic E-state index is 0. The second-order valence-corrected chi connectivity index (χ2v) is 7.93. The van der Waals surface area contributed by atoms with Crippen LogP contribution in [-0.4, -0.2) is 61.4 Å². The van der Waals surface area contributed by atoms with E-state index in [-0.39, 0.29) is 35.3 Å². The molecule has 0 spiro atoms. The zero-order valence-corrected chi connectivity index (χ0v) is 20.1. The summed E-state index contributed by atoms with van der Waals surface area (Å²) in [6.45, 7) is 7.73. The Hall–Kier alpha value is -1.74. The largest absolute Gasteiger partial charge is 0.459 e. The molecule has 1 saturated heterocycles. The highest BCUT2D eigenvalue weighted by Gasteiger charge is 2.27. The van der Waals surface area contributed by atoms with Crippen LogP contribution < -0.4 is 5.32 Å². The monoisotopic (exact) mass is 530 g/mol. The highest BCUT2D eigenvalue weighted by Crippen LogP contribution is 2.29. The molecule has 1 amide bonds. The number of carbonyl (C=O) groups is 1. The average Bonchev–Trinajstić information content (AvgIpc) is 3.23. The number of hydrogen-bond acceptors (Lipinski definition) is 3. The summed E-state index contributed by atoms with van der Waals surface area (Å²) in [5.74, 6) is 1.16. The molecule has 0 saturated carbocycles. The zero-order chi connectivity index (χ0) is 20.1. The van der Waals surface area contributed by atoms with E-state index in [1.54, 1.807) is 19.2 Å². The summed E-state index contributed by atoms with van der Waals surface area (Å²) >= 11 is 6.38. The van der Waals surface area contributed by atoms with Gasteiger partial charge < -0.3 is 19.5 Å². The Bertz CT molecular complexity index is 831. The molecule has 6 nitrogen and oxygen atoms in total. The highest BCUT2D eigenvalue weighted by molar-refractivity contribution is 14.0. The Morgan fingerprint density at radius 1 is 1.14 bits per heavy atom. The fraction of sp³-hybridized carbons (Fsp3) is 0.429. The van der Waals surface area contributed by atoms with E-state index >= 15 is 0 Å². The molecular weight excluding hydrogens is 503 g/mol. The van der Waals surface area contributed by atoms with Gasteiger partial charge in [-0.25, -0.2) is 0 Å². The van der Waals surface area contributed by atoms with Crippen LogP contribution in [0.4, 0.5) is 0 Å². The number of rotatable bonds is 4. The third kappa shape index (κ3) is 5.66. The number of benzene rings is 1. The summed E-state index contributed by atoms with van der Waals surface area (Å²) in [6, 6.07) is 11.4. The van der Waals surface area contributed by atoms with Crippen LogP contribution in [0.25, 0.3) is 0 Å². The first-order chi connectivity index (χ1) is 13.4. The van der Waals surface area contributed by atoms with E-state index in [2.05, 4.69) is 35.1 Å².